The van der Waals surface area contributed by atoms with E-state index < -0.39 is 0 Å². The Kier molecular flexibility index (Phi) is 4.80. The number of fused-ring (bicyclic) bond motifs is 5. The zero-order chi connectivity index (χ0) is 20.5. The second kappa shape index (κ2) is 7.76. The summed E-state index contributed by atoms with van der Waals surface area (Å²) in [6.45, 7) is 0.745. The van der Waals surface area contributed by atoms with Crippen LogP contribution < -0.4 is 11.5 Å². The Labute approximate surface area is 174 Å². The highest BCUT2D eigenvalue weighted by Gasteiger charge is 2.21. The van der Waals surface area contributed by atoms with Crippen LogP contribution in [-0.2, 0) is 17.7 Å². The number of hydrogen-bond donors (Lipinski definition) is 3. The van der Waals surface area contributed by atoms with Gasteiger partial charge in [0.05, 0.1) is 22.9 Å². The molecule has 0 amide bonds. The Morgan fingerprint density at radius 3 is 2.67 bits per heavy atom. The molecule has 0 aliphatic heterocycles. The molecule has 0 spiro atoms. The summed E-state index contributed by atoms with van der Waals surface area (Å²) in [5.41, 5.74) is 19.2. The Balaban J connectivity index is 1.61. The molecular formula is C23H24N6O. The third-order valence-electron chi connectivity index (χ3n) is 5.72. The van der Waals surface area contributed by atoms with Crippen molar-refractivity contribution in [1.29, 1.82) is 0 Å². The van der Waals surface area contributed by atoms with Crippen LogP contribution in [0.1, 0.15) is 29.5 Å². The van der Waals surface area contributed by atoms with E-state index in [4.69, 9.17) is 21.3 Å². The number of pyridine rings is 1. The summed E-state index contributed by atoms with van der Waals surface area (Å²) in [7, 11) is 0. The highest BCUT2D eigenvalue weighted by molar-refractivity contribution is 6.07. The van der Waals surface area contributed by atoms with Crippen LogP contribution in [-0.4, -0.2) is 34.2 Å². The highest BCUT2D eigenvalue weighted by Crippen LogP contribution is 2.37. The van der Waals surface area contributed by atoms with E-state index in [-0.39, 0.29) is 0 Å². The monoisotopic (exact) mass is 400 g/mol. The molecule has 4 aromatic rings. The van der Waals surface area contributed by atoms with Gasteiger partial charge in [0, 0.05) is 28.4 Å². The Bertz CT molecular complexity index is 1240. The SMILES string of the molecule is NCCON=C(N)c1ccc(-c2nc3ccc4[nH]ncc4c3c3c2CCCC3)cc1. The van der Waals surface area contributed by atoms with Gasteiger partial charge in [0.15, 0.2) is 5.84 Å². The molecule has 7 nitrogen and oxygen atoms in total. The molecule has 0 atom stereocenters. The Morgan fingerprint density at radius 1 is 1.07 bits per heavy atom. The van der Waals surface area contributed by atoms with Gasteiger partial charge in [-0.05, 0) is 48.9 Å². The molecule has 152 valence electrons. The zero-order valence-corrected chi connectivity index (χ0v) is 16.7. The maximum Gasteiger partial charge on any atom is 0.170 e. The number of nitrogens with one attached hydrogen (secondary N) is 1. The predicted molar refractivity (Wildman–Crippen MR) is 119 cm³/mol. The summed E-state index contributed by atoms with van der Waals surface area (Å²) in [4.78, 5) is 10.2. The van der Waals surface area contributed by atoms with Gasteiger partial charge in [-0.2, -0.15) is 5.10 Å². The van der Waals surface area contributed by atoms with E-state index in [0.717, 1.165) is 46.1 Å². The van der Waals surface area contributed by atoms with Crippen molar-refractivity contribution in [2.24, 2.45) is 16.6 Å². The lowest BCUT2D eigenvalue weighted by Gasteiger charge is -2.22. The number of benzene rings is 2. The van der Waals surface area contributed by atoms with Crippen molar-refractivity contribution in [3.63, 3.8) is 0 Å². The largest absolute Gasteiger partial charge is 0.393 e. The van der Waals surface area contributed by atoms with E-state index >= 15 is 0 Å². The number of nitrogens with zero attached hydrogens (tertiary/aromatic N) is 3. The normalized spacial score (nSPS) is 14.2. The average Bonchev–Trinajstić information content (AvgIpc) is 3.27. The van der Waals surface area contributed by atoms with Crippen LogP contribution in [0, 0.1) is 0 Å². The number of amidine groups is 1. The summed E-state index contributed by atoms with van der Waals surface area (Å²) < 4.78 is 0. The van der Waals surface area contributed by atoms with Crippen LogP contribution in [0.5, 0.6) is 0 Å². The summed E-state index contributed by atoms with van der Waals surface area (Å²) in [5.74, 6) is 0.339. The maximum atomic E-state index is 6.01. The second-order valence-electron chi connectivity index (χ2n) is 7.59. The summed E-state index contributed by atoms with van der Waals surface area (Å²) >= 11 is 0. The van der Waals surface area contributed by atoms with Crippen molar-refractivity contribution in [3.8, 4) is 11.3 Å². The van der Waals surface area contributed by atoms with Gasteiger partial charge >= 0.3 is 0 Å². The first kappa shape index (κ1) is 18.6. The molecule has 0 saturated carbocycles. The van der Waals surface area contributed by atoms with Gasteiger partial charge in [-0.25, -0.2) is 4.98 Å². The molecule has 30 heavy (non-hydrogen) atoms. The van der Waals surface area contributed by atoms with Crippen LogP contribution in [0.25, 0.3) is 33.1 Å². The van der Waals surface area contributed by atoms with E-state index in [1.165, 1.54) is 29.4 Å². The fourth-order valence-corrected chi connectivity index (χ4v) is 4.31. The number of aryl methyl sites for hydroxylation is 1. The van der Waals surface area contributed by atoms with E-state index in [1.807, 2.05) is 18.3 Å². The third-order valence-corrected chi connectivity index (χ3v) is 5.72. The summed E-state index contributed by atoms with van der Waals surface area (Å²) in [6, 6.07) is 12.2. The van der Waals surface area contributed by atoms with Crippen LogP contribution in [0.4, 0.5) is 0 Å². The smallest absolute Gasteiger partial charge is 0.170 e. The minimum absolute atomic E-state index is 0.339. The molecule has 0 unspecified atom stereocenters. The highest BCUT2D eigenvalue weighted by atomic mass is 16.6. The van der Waals surface area contributed by atoms with Gasteiger partial charge in [0.1, 0.15) is 6.61 Å². The minimum atomic E-state index is 0.339. The number of aromatic nitrogens is 3. The molecule has 0 saturated heterocycles. The number of H-pyrrole nitrogens is 1. The molecule has 5 N–H and O–H groups in total. The standard InChI is InChI=1S/C23H24N6O/c24-11-12-30-29-23(25)15-7-5-14(6-8-15)22-17-4-2-1-3-16(17)21-18-13-26-28-19(18)9-10-20(21)27-22/h5-10,13H,1-4,11-12,24H2,(H2,25,29)(H,26,28). The van der Waals surface area contributed by atoms with Gasteiger partial charge in [0.2, 0.25) is 0 Å². The van der Waals surface area contributed by atoms with Crippen LogP contribution >= 0.6 is 0 Å². The molecule has 2 heterocycles. The number of hydrogen-bond acceptors (Lipinski definition) is 5. The number of rotatable bonds is 5. The van der Waals surface area contributed by atoms with Crippen molar-refractivity contribution in [3.05, 3.63) is 59.3 Å². The summed E-state index contributed by atoms with van der Waals surface area (Å²) in [6.07, 6.45) is 6.42. The lowest BCUT2D eigenvalue weighted by molar-refractivity contribution is 0.152. The van der Waals surface area contributed by atoms with Crippen molar-refractivity contribution in [1.82, 2.24) is 15.2 Å². The summed E-state index contributed by atoms with van der Waals surface area (Å²) in [5, 5.41) is 13.6. The van der Waals surface area contributed by atoms with Crippen molar-refractivity contribution in [2.75, 3.05) is 13.2 Å². The van der Waals surface area contributed by atoms with E-state index in [1.54, 1.807) is 0 Å². The fraction of sp³-hybridized carbons (Fsp3) is 0.261. The van der Waals surface area contributed by atoms with Crippen LogP contribution in [0.15, 0.2) is 47.8 Å². The Hall–Kier alpha value is -3.45. The molecule has 1 aliphatic rings. The van der Waals surface area contributed by atoms with E-state index in [2.05, 4.69) is 39.6 Å². The van der Waals surface area contributed by atoms with Gasteiger partial charge in [-0.1, -0.05) is 29.4 Å². The third kappa shape index (κ3) is 3.17. The molecule has 1 aliphatic carbocycles. The van der Waals surface area contributed by atoms with Crippen LogP contribution in [0.3, 0.4) is 0 Å². The number of oxime groups is 1. The van der Waals surface area contributed by atoms with Gasteiger partial charge in [-0.15, -0.1) is 0 Å². The first-order valence-corrected chi connectivity index (χ1v) is 10.3. The molecule has 5 rings (SSSR count). The average molecular weight is 400 g/mol. The van der Waals surface area contributed by atoms with Crippen LogP contribution in [0.2, 0.25) is 0 Å². The molecule has 0 fully saturated rings. The second-order valence-corrected chi connectivity index (χ2v) is 7.59. The lowest BCUT2D eigenvalue weighted by Crippen LogP contribution is -2.15. The topological polar surface area (TPSA) is 115 Å². The van der Waals surface area contributed by atoms with Crippen molar-refractivity contribution < 1.29 is 4.84 Å². The number of nitrogens with two attached hydrogens (primary N) is 2. The fourth-order valence-electron chi connectivity index (χ4n) is 4.31. The van der Waals surface area contributed by atoms with Gasteiger partial charge in [-0.3, -0.25) is 5.10 Å². The lowest BCUT2D eigenvalue weighted by atomic mass is 9.85. The number of aromatic amines is 1. The molecule has 7 heteroatoms. The molecule has 0 radical (unpaired) electrons. The van der Waals surface area contributed by atoms with Gasteiger partial charge < -0.3 is 16.3 Å². The molecular weight excluding hydrogens is 376 g/mol. The molecule has 2 aromatic heterocycles. The predicted octanol–water partition coefficient (Wildman–Crippen LogP) is 3.25. The van der Waals surface area contributed by atoms with Crippen molar-refractivity contribution >= 4 is 27.6 Å². The zero-order valence-electron chi connectivity index (χ0n) is 16.7. The first-order valence-electron chi connectivity index (χ1n) is 10.3. The van der Waals surface area contributed by atoms with Crippen molar-refractivity contribution in [2.45, 2.75) is 25.7 Å². The first-order chi connectivity index (χ1) is 14.8. The molecule has 0 bridgehead atoms. The van der Waals surface area contributed by atoms with E-state index in [0.29, 0.717) is 19.0 Å². The quantitative estimate of drug-likeness (QED) is 0.206. The van der Waals surface area contributed by atoms with E-state index in [9.17, 15) is 0 Å². The Morgan fingerprint density at radius 2 is 1.87 bits per heavy atom. The maximum absolute atomic E-state index is 6.01. The molecule has 2 aromatic carbocycles. The minimum Gasteiger partial charge on any atom is -0.393 e. The van der Waals surface area contributed by atoms with Gasteiger partial charge in [0.25, 0.3) is 0 Å².